The summed E-state index contributed by atoms with van der Waals surface area (Å²) < 4.78 is 1.97. The second-order valence-corrected chi connectivity index (χ2v) is 8.83. The zero-order valence-electron chi connectivity index (χ0n) is 17.3. The molecular formula is C21H28N4O3S. The van der Waals surface area contributed by atoms with Crippen molar-refractivity contribution in [2.45, 2.75) is 32.4 Å². The van der Waals surface area contributed by atoms with Crippen molar-refractivity contribution in [3.05, 3.63) is 36.0 Å². The van der Waals surface area contributed by atoms with Gasteiger partial charge in [0.2, 0.25) is 0 Å². The number of para-hydroxylation sites is 1. The van der Waals surface area contributed by atoms with Crippen LogP contribution in [0, 0.1) is 5.92 Å². The van der Waals surface area contributed by atoms with Crippen molar-refractivity contribution in [3.63, 3.8) is 0 Å². The van der Waals surface area contributed by atoms with Gasteiger partial charge >= 0.3 is 12.0 Å². The maximum atomic E-state index is 12.6. The van der Waals surface area contributed by atoms with Crippen LogP contribution in [-0.4, -0.2) is 63.0 Å². The minimum atomic E-state index is -1.05. The van der Waals surface area contributed by atoms with Gasteiger partial charge in [0, 0.05) is 55.8 Å². The first-order valence-corrected chi connectivity index (χ1v) is 10.7. The number of carbonyl (C=O) groups excluding carboxylic acids is 1. The Bertz CT molecular complexity index is 937. The predicted molar refractivity (Wildman–Crippen MR) is 118 cm³/mol. The molecule has 1 aliphatic heterocycles. The van der Waals surface area contributed by atoms with Gasteiger partial charge in [-0.05, 0) is 11.6 Å². The predicted octanol–water partition coefficient (Wildman–Crippen LogP) is 2.99. The van der Waals surface area contributed by atoms with Crippen molar-refractivity contribution in [1.82, 2.24) is 14.8 Å². The summed E-state index contributed by atoms with van der Waals surface area (Å²) in [5, 5.41) is 14.4. The molecule has 0 bridgehead atoms. The highest BCUT2D eigenvalue weighted by atomic mass is 32.2. The smallest absolute Gasteiger partial charge is 0.326 e. The molecule has 2 atom stereocenters. The summed E-state index contributed by atoms with van der Waals surface area (Å²) in [6, 6.07) is 6.51. The second kappa shape index (κ2) is 8.90. The van der Waals surface area contributed by atoms with Crippen molar-refractivity contribution in [3.8, 4) is 0 Å². The Balaban J connectivity index is 1.65. The van der Waals surface area contributed by atoms with Gasteiger partial charge in [-0.3, -0.25) is 4.99 Å². The number of nitrogens with one attached hydrogen (secondary N) is 1. The van der Waals surface area contributed by atoms with Crippen LogP contribution in [0.1, 0.15) is 19.4 Å². The molecule has 7 nitrogen and oxygen atoms in total. The van der Waals surface area contributed by atoms with Gasteiger partial charge in [-0.1, -0.05) is 32.0 Å². The first kappa shape index (κ1) is 21.2. The molecule has 1 unspecified atom stereocenters. The number of aryl methyl sites for hydroxylation is 1. The zero-order valence-corrected chi connectivity index (χ0v) is 18.1. The number of amides is 2. The number of nitrogens with zero attached hydrogens (tertiary/aromatic N) is 3. The van der Waals surface area contributed by atoms with E-state index in [4.69, 9.17) is 0 Å². The standard InChI is InChI=1S/C21H28N4O3S/c1-13(2)19-22-15(12-29-19)11-25(4)21(28)23-17(20(26)27)9-14-10-24(3)18-8-6-5-7-16(14)18/h5-8,10,13,15,17H,9,11-12H2,1-4H3,(H,23,28)(H,26,27)/t15?,17-/m0/s1. The third kappa shape index (κ3) is 4.93. The van der Waals surface area contributed by atoms with Crippen LogP contribution in [0.5, 0.6) is 0 Å². The lowest BCUT2D eigenvalue weighted by molar-refractivity contribution is -0.139. The van der Waals surface area contributed by atoms with Crippen LogP contribution in [0.25, 0.3) is 10.9 Å². The van der Waals surface area contributed by atoms with Gasteiger partial charge in [-0.2, -0.15) is 0 Å². The highest BCUT2D eigenvalue weighted by molar-refractivity contribution is 8.14. The van der Waals surface area contributed by atoms with E-state index >= 15 is 0 Å². The first-order valence-electron chi connectivity index (χ1n) is 9.74. The van der Waals surface area contributed by atoms with Gasteiger partial charge in [0.15, 0.2) is 0 Å². The number of rotatable bonds is 7. The van der Waals surface area contributed by atoms with Crippen LogP contribution in [0.4, 0.5) is 4.79 Å². The number of urea groups is 1. The van der Waals surface area contributed by atoms with E-state index in [0.29, 0.717) is 12.5 Å². The Labute approximate surface area is 175 Å². The molecule has 29 heavy (non-hydrogen) atoms. The molecule has 1 aliphatic rings. The lowest BCUT2D eigenvalue weighted by Gasteiger charge is -2.23. The monoisotopic (exact) mass is 416 g/mol. The number of carbonyl (C=O) groups is 2. The third-order valence-electron chi connectivity index (χ3n) is 5.06. The van der Waals surface area contributed by atoms with Gasteiger partial charge in [0.1, 0.15) is 6.04 Å². The van der Waals surface area contributed by atoms with Crippen LogP contribution in [0.15, 0.2) is 35.5 Å². The number of hydrogen-bond donors (Lipinski definition) is 2. The Morgan fingerprint density at radius 1 is 1.38 bits per heavy atom. The summed E-state index contributed by atoms with van der Waals surface area (Å²) in [6.07, 6.45) is 2.15. The molecule has 0 radical (unpaired) electrons. The van der Waals surface area contributed by atoms with E-state index in [1.165, 1.54) is 4.90 Å². The lowest BCUT2D eigenvalue weighted by Crippen LogP contribution is -2.49. The molecule has 2 amide bonds. The van der Waals surface area contributed by atoms with Crippen LogP contribution >= 0.6 is 11.8 Å². The van der Waals surface area contributed by atoms with Gasteiger partial charge in [0.05, 0.1) is 11.1 Å². The maximum absolute atomic E-state index is 12.6. The van der Waals surface area contributed by atoms with Crippen molar-refractivity contribution in [1.29, 1.82) is 0 Å². The van der Waals surface area contributed by atoms with E-state index in [2.05, 4.69) is 24.2 Å². The molecule has 0 fully saturated rings. The summed E-state index contributed by atoms with van der Waals surface area (Å²) in [5.41, 5.74) is 1.93. The fourth-order valence-corrected chi connectivity index (χ4v) is 4.61. The summed E-state index contributed by atoms with van der Waals surface area (Å²) in [6.45, 7) is 4.68. The van der Waals surface area contributed by atoms with E-state index in [-0.39, 0.29) is 12.5 Å². The molecule has 8 heteroatoms. The van der Waals surface area contributed by atoms with Crippen LogP contribution in [0.2, 0.25) is 0 Å². The molecule has 2 aromatic rings. The molecule has 0 saturated carbocycles. The van der Waals surface area contributed by atoms with E-state index in [0.717, 1.165) is 27.3 Å². The summed E-state index contributed by atoms with van der Waals surface area (Å²) in [5.74, 6) is 0.196. The number of likely N-dealkylation sites (N-methyl/N-ethyl adjacent to an activating group) is 1. The van der Waals surface area contributed by atoms with Crippen molar-refractivity contribution >= 4 is 39.7 Å². The highest BCUT2D eigenvalue weighted by Crippen LogP contribution is 2.24. The number of hydrogen-bond acceptors (Lipinski definition) is 4. The van der Waals surface area contributed by atoms with Gasteiger partial charge in [-0.25, -0.2) is 9.59 Å². The van der Waals surface area contributed by atoms with Crippen LogP contribution in [-0.2, 0) is 18.3 Å². The molecule has 1 aromatic heterocycles. The van der Waals surface area contributed by atoms with Crippen LogP contribution in [0.3, 0.4) is 0 Å². The van der Waals surface area contributed by atoms with Gasteiger partial charge < -0.3 is 19.9 Å². The first-order chi connectivity index (χ1) is 13.8. The number of aromatic nitrogens is 1. The van der Waals surface area contributed by atoms with Crippen molar-refractivity contribution in [2.75, 3.05) is 19.3 Å². The third-order valence-corrected chi connectivity index (χ3v) is 6.48. The number of carboxylic acid groups (broad SMARTS) is 1. The minimum Gasteiger partial charge on any atom is -0.480 e. The molecule has 0 saturated heterocycles. The lowest BCUT2D eigenvalue weighted by atomic mass is 10.1. The largest absolute Gasteiger partial charge is 0.480 e. The Kier molecular flexibility index (Phi) is 6.52. The Morgan fingerprint density at radius 2 is 2.10 bits per heavy atom. The molecule has 3 rings (SSSR count). The molecule has 2 N–H and O–H groups in total. The number of carboxylic acids is 1. The second-order valence-electron chi connectivity index (χ2n) is 7.79. The number of fused-ring (bicyclic) bond motifs is 1. The molecule has 156 valence electrons. The average molecular weight is 417 g/mol. The molecular weight excluding hydrogens is 388 g/mol. The van der Waals surface area contributed by atoms with Crippen molar-refractivity contribution in [2.24, 2.45) is 18.0 Å². The fraction of sp³-hybridized carbons (Fsp3) is 0.476. The topological polar surface area (TPSA) is 86.9 Å². The zero-order chi connectivity index (χ0) is 21.1. The average Bonchev–Trinajstić information content (AvgIpc) is 3.26. The number of aliphatic imine (C=N–C) groups is 1. The number of aliphatic carboxylic acids is 1. The minimum absolute atomic E-state index is 0.0505. The highest BCUT2D eigenvalue weighted by Gasteiger charge is 2.26. The van der Waals surface area contributed by atoms with E-state index in [1.54, 1.807) is 18.8 Å². The Hall–Kier alpha value is -2.48. The summed E-state index contributed by atoms with van der Waals surface area (Å²) >= 11 is 1.73. The van der Waals surface area contributed by atoms with Gasteiger partial charge in [0.25, 0.3) is 0 Å². The van der Waals surface area contributed by atoms with Crippen molar-refractivity contribution < 1.29 is 14.7 Å². The summed E-state index contributed by atoms with van der Waals surface area (Å²) in [7, 11) is 3.61. The Morgan fingerprint density at radius 3 is 2.76 bits per heavy atom. The normalized spacial score (nSPS) is 17.4. The number of benzene rings is 1. The number of thioether (sulfide) groups is 1. The molecule has 2 heterocycles. The molecule has 0 aliphatic carbocycles. The van der Waals surface area contributed by atoms with E-state index < -0.39 is 18.0 Å². The molecule has 1 aromatic carbocycles. The quantitative estimate of drug-likeness (QED) is 0.726. The van der Waals surface area contributed by atoms with Crippen LogP contribution < -0.4 is 5.32 Å². The summed E-state index contributed by atoms with van der Waals surface area (Å²) in [4.78, 5) is 30.6. The molecule has 0 spiro atoms. The SMILES string of the molecule is CC(C)C1=NC(CN(C)C(=O)N[C@@H](Cc2cn(C)c3ccccc23)C(=O)O)CS1. The van der Waals surface area contributed by atoms with E-state index in [1.807, 2.05) is 42.1 Å². The fourth-order valence-electron chi connectivity index (χ4n) is 3.51. The van der Waals surface area contributed by atoms with E-state index in [9.17, 15) is 14.7 Å². The maximum Gasteiger partial charge on any atom is 0.326 e. The van der Waals surface area contributed by atoms with Gasteiger partial charge in [-0.15, -0.1) is 11.8 Å².